The van der Waals surface area contributed by atoms with E-state index in [9.17, 15) is 9.59 Å². The van der Waals surface area contributed by atoms with Crippen molar-refractivity contribution in [1.82, 2.24) is 20.0 Å². The maximum atomic E-state index is 13.2. The number of aromatic nitrogens is 2. The SMILES string of the molecule is O=C(c1n[nH]c2c1CCCC2)N1C[C@@H]2C[C@@H](C1)C1CCCC(=O)N1C2. The summed E-state index contributed by atoms with van der Waals surface area (Å²) >= 11 is 0. The van der Waals surface area contributed by atoms with Gasteiger partial charge in [0.1, 0.15) is 0 Å². The van der Waals surface area contributed by atoms with E-state index in [0.29, 0.717) is 35.9 Å². The Balaban J connectivity index is 1.37. The van der Waals surface area contributed by atoms with Gasteiger partial charge >= 0.3 is 0 Å². The molecule has 6 nitrogen and oxygen atoms in total. The molecule has 4 heterocycles. The Morgan fingerprint density at radius 1 is 1.08 bits per heavy atom. The number of likely N-dealkylation sites (tertiary alicyclic amines) is 1. The summed E-state index contributed by atoms with van der Waals surface area (Å²) in [6.07, 6.45) is 8.29. The minimum atomic E-state index is 0.102. The third-order valence-electron chi connectivity index (χ3n) is 6.73. The third-order valence-corrected chi connectivity index (χ3v) is 6.73. The number of hydrogen-bond acceptors (Lipinski definition) is 3. The number of rotatable bonds is 1. The first kappa shape index (κ1) is 15.4. The molecule has 3 aliphatic heterocycles. The van der Waals surface area contributed by atoms with Crippen LogP contribution in [-0.2, 0) is 17.6 Å². The molecule has 1 unspecified atom stereocenters. The van der Waals surface area contributed by atoms with Crippen molar-refractivity contribution in [2.45, 2.75) is 57.4 Å². The van der Waals surface area contributed by atoms with Gasteiger partial charge in [-0.3, -0.25) is 14.7 Å². The predicted molar refractivity (Wildman–Crippen MR) is 92.1 cm³/mol. The van der Waals surface area contributed by atoms with Crippen LogP contribution in [0.25, 0.3) is 0 Å². The molecule has 2 bridgehead atoms. The molecule has 1 aromatic rings. The molecular formula is C19H26N4O2. The second-order valence-corrected chi connectivity index (χ2v) is 8.31. The minimum Gasteiger partial charge on any atom is -0.339 e. The summed E-state index contributed by atoms with van der Waals surface area (Å²) in [5, 5.41) is 7.48. The molecule has 0 saturated carbocycles. The zero-order chi connectivity index (χ0) is 17.0. The number of piperidine rings is 3. The topological polar surface area (TPSA) is 69.3 Å². The van der Waals surface area contributed by atoms with Gasteiger partial charge in [-0.1, -0.05) is 0 Å². The van der Waals surface area contributed by atoms with Gasteiger partial charge in [0.05, 0.1) is 0 Å². The lowest BCUT2D eigenvalue weighted by molar-refractivity contribution is -0.144. The predicted octanol–water partition coefficient (Wildman–Crippen LogP) is 1.76. The lowest BCUT2D eigenvalue weighted by atomic mass is 9.76. The summed E-state index contributed by atoms with van der Waals surface area (Å²) in [6.45, 7) is 2.39. The van der Waals surface area contributed by atoms with Crippen molar-refractivity contribution in [2.24, 2.45) is 11.8 Å². The zero-order valence-corrected chi connectivity index (χ0v) is 14.7. The van der Waals surface area contributed by atoms with E-state index < -0.39 is 0 Å². The fourth-order valence-electron chi connectivity index (χ4n) is 5.58. The van der Waals surface area contributed by atoms with E-state index in [1.807, 2.05) is 4.90 Å². The molecule has 6 heteroatoms. The van der Waals surface area contributed by atoms with Crippen LogP contribution < -0.4 is 0 Å². The van der Waals surface area contributed by atoms with Crippen molar-refractivity contribution in [3.63, 3.8) is 0 Å². The van der Waals surface area contributed by atoms with Crippen LogP contribution in [0, 0.1) is 11.8 Å². The normalized spacial score (nSPS) is 31.5. The Morgan fingerprint density at radius 2 is 1.96 bits per heavy atom. The number of hydrogen-bond donors (Lipinski definition) is 1. The van der Waals surface area contributed by atoms with Crippen LogP contribution in [-0.4, -0.2) is 57.5 Å². The minimum absolute atomic E-state index is 0.102. The number of aromatic amines is 1. The summed E-state index contributed by atoms with van der Waals surface area (Å²) in [5.41, 5.74) is 2.98. The van der Waals surface area contributed by atoms with Gasteiger partial charge in [-0.05, 0) is 56.8 Å². The van der Waals surface area contributed by atoms with Crippen LogP contribution >= 0.6 is 0 Å². The summed E-state index contributed by atoms with van der Waals surface area (Å²) in [4.78, 5) is 29.6. The van der Waals surface area contributed by atoms with Crippen molar-refractivity contribution in [3.05, 3.63) is 17.0 Å². The number of carbonyl (C=O) groups excluding carboxylic acids is 2. The Morgan fingerprint density at radius 3 is 2.88 bits per heavy atom. The molecule has 1 aliphatic carbocycles. The summed E-state index contributed by atoms with van der Waals surface area (Å²) < 4.78 is 0. The van der Waals surface area contributed by atoms with Crippen LogP contribution in [0.5, 0.6) is 0 Å². The van der Waals surface area contributed by atoms with Crippen LogP contribution in [0.4, 0.5) is 0 Å². The smallest absolute Gasteiger partial charge is 0.274 e. The van der Waals surface area contributed by atoms with E-state index in [1.165, 1.54) is 6.42 Å². The molecule has 25 heavy (non-hydrogen) atoms. The van der Waals surface area contributed by atoms with Crippen molar-refractivity contribution in [1.29, 1.82) is 0 Å². The third kappa shape index (κ3) is 2.49. The van der Waals surface area contributed by atoms with Crippen LogP contribution in [0.2, 0.25) is 0 Å². The summed E-state index contributed by atoms with van der Waals surface area (Å²) in [5.74, 6) is 1.29. The zero-order valence-electron chi connectivity index (χ0n) is 14.7. The Kier molecular flexibility index (Phi) is 3.61. The average molecular weight is 342 g/mol. The fraction of sp³-hybridized carbons (Fsp3) is 0.737. The second-order valence-electron chi connectivity index (χ2n) is 8.31. The van der Waals surface area contributed by atoms with Crippen molar-refractivity contribution in [3.8, 4) is 0 Å². The molecule has 0 aromatic carbocycles. The van der Waals surface area contributed by atoms with E-state index in [0.717, 1.165) is 69.4 Å². The molecule has 4 aliphatic rings. The number of fused-ring (bicyclic) bond motifs is 5. The quantitative estimate of drug-likeness (QED) is 0.845. The maximum absolute atomic E-state index is 13.2. The first-order valence-electron chi connectivity index (χ1n) is 9.85. The lowest BCUT2D eigenvalue weighted by Crippen LogP contribution is -2.61. The van der Waals surface area contributed by atoms with Gasteiger partial charge in [0, 0.05) is 43.4 Å². The number of aryl methyl sites for hydroxylation is 1. The second kappa shape index (κ2) is 5.85. The number of amides is 2. The lowest BCUT2D eigenvalue weighted by Gasteiger charge is -2.52. The first-order valence-corrected chi connectivity index (χ1v) is 9.85. The molecule has 1 aromatic heterocycles. The van der Waals surface area contributed by atoms with E-state index >= 15 is 0 Å². The molecule has 3 saturated heterocycles. The Labute approximate surface area is 147 Å². The van der Waals surface area contributed by atoms with Gasteiger partial charge in [0.25, 0.3) is 5.91 Å². The molecule has 3 fully saturated rings. The van der Waals surface area contributed by atoms with Gasteiger partial charge in [0.2, 0.25) is 5.91 Å². The first-order chi connectivity index (χ1) is 12.2. The van der Waals surface area contributed by atoms with E-state index in [4.69, 9.17) is 0 Å². The highest BCUT2D eigenvalue weighted by Crippen LogP contribution is 2.38. The monoisotopic (exact) mass is 342 g/mol. The van der Waals surface area contributed by atoms with Crippen LogP contribution in [0.15, 0.2) is 0 Å². The van der Waals surface area contributed by atoms with Crippen molar-refractivity contribution < 1.29 is 9.59 Å². The Hall–Kier alpha value is -1.85. The van der Waals surface area contributed by atoms with Gasteiger partial charge in [-0.2, -0.15) is 5.10 Å². The van der Waals surface area contributed by atoms with Crippen LogP contribution in [0.1, 0.15) is 60.3 Å². The molecule has 134 valence electrons. The fourth-order valence-corrected chi connectivity index (χ4v) is 5.58. The number of H-pyrrole nitrogens is 1. The van der Waals surface area contributed by atoms with Crippen molar-refractivity contribution >= 4 is 11.8 Å². The maximum Gasteiger partial charge on any atom is 0.274 e. The number of carbonyl (C=O) groups is 2. The van der Waals surface area contributed by atoms with E-state index in [-0.39, 0.29) is 5.91 Å². The van der Waals surface area contributed by atoms with E-state index in [2.05, 4.69) is 15.1 Å². The van der Waals surface area contributed by atoms with Gasteiger partial charge in [-0.25, -0.2) is 0 Å². The van der Waals surface area contributed by atoms with Gasteiger partial charge < -0.3 is 9.80 Å². The molecule has 0 radical (unpaired) electrons. The molecule has 1 N–H and O–H groups in total. The molecular weight excluding hydrogens is 316 g/mol. The van der Waals surface area contributed by atoms with Crippen molar-refractivity contribution in [2.75, 3.05) is 19.6 Å². The van der Waals surface area contributed by atoms with Gasteiger partial charge in [-0.15, -0.1) is 0 Å². The molecule has 2 amide bonds. The summed E-state index contributed by atoms with van der Waals surface area (Å²) in [7, 11) is 0. The highest BCUT2D eigenvalue weighted by atomic mass is 16.2. The molecule has 0 spiro atoms. The number of nitrogens with zero attached hydrogens (tertiary/aromatic N) is 3. The standard InChI is InChI=1S/C19H26N4O2/c24-17-7-3-6-16-13-8-12(10-23(16)17)9-22(11-13)19(25)18-14-4-1-2-5-15(14)20-21-18/h12-13,16H,1-11H2,(H,20,21)/t12-,13-,16?/m0/s1. The highest BCUT2D eigenvalue weighted by Gasteiger charge is 2.45. The average Bonchev–Trinajstić information content (AvgIpc) is 3.06. The molecule has 5 rings (SSSR count). The molecule has 3 atom stereocenters. The summed E-state index contributed by atoms with van der Waals surface area (Å²) in [6, 6.07) is 0.348. The largest absolute Gasteiger partial charge is 0.339 e. The van der Waals surface area contributed by atoms with Crippen LogP contribution in [0.3, 0.4) is 0 Å². The van der Waals surface area contributed by atoms with E-state index in [1.54, 1.807) is 0 Å². The highest BCUT2D eigenvalue weighted by molar-refractivity contribution is 5.94. The van der Waals surface area contributed by atoms with Gasteiger partial charge in [0.15, 0.2) is 5.69 Å². The number of nitrogens with one attached hydrogen (secondary N) is 1. The Bertz CT molecular complexity index is 712.